The second-order valence-corrected chi connectivity index (χ2v) is 5.32. The zero-order chi connectivity index (χ0) is 13.7. The van der Waals surface area contributed by atoms with Crippen LogP contribution in [-0.2, 0) is 9.59 Å². The lowest BCUT2D eigenvalue weighted by Gasteiger charge is -2.27. The monoisotopic (exact) mass is 255 g/mol. The van der Waals surface area contributed by atoms with Crippen molar-refractivity contribution in [2.75, 3.05) is 13.1 Å². The van der Waals surface area contributed by atoms with Gasteiger partial charge in [-0.2, -0.15) is 0 Å². The van der Waals surface area contributed by atoms with Gasteiger partial charge in [0.2, 0.25) is 11.8 Å². The Morgan fingerprint density at radius 3 is 2.67 bits per heavy atom. The topological polar surface area (TPSA) is 75.4 Å². The van der Waals surface area contributed by atoms with E-state index >= 15 is 0 Å². The van der Waals surface area contributed by atoms with Crippen molar-refractivity contribution in [1.29, 1.82) is 0 Å². The van der Waals surface area contributed by atoms with Crippen molar-refractivity contribution in [3.05, 3.63) is 0 Å². The van der Waals surface area contributed by atoms with Crippen molar-refractivity contribution in [2.24, 2.45) is 11.7 Å². The molecular formula is C13H25N3O2. The number of likely N-dealkylation sites (N-methyl/N-ethyl adjacent to an activating group) is 1. The van der Waals surface area contributed by atoms with E-state index in [4.69, 9.17) is 5.73 Å². The molecule has 104 valence electrons. The molecule has 1 rings (SSSR count). The van der Waals surface area contributed by atoms with E-state index in [0.717, 1.165) is 12.8 Å². The van der Waals surface area contributed by atoms with Gasteiger partial charge in [0.1, 0.15) is 6.04 Å². The Hall–Kier alpha value is -1.10. The van der Waals surface area contributed by atoms with Crippen molar-refractivity contribution in [1.82, 2.24) is 10.2 Å². The van der Waals surface area contributed by atoms with E-state index in [1.165, 1.54) is 0 Å². The number of hydrogen-bond donors (Lipinski definition) is 2. The minimum absolute atomic E-state index is 0.0555. The normalized spacial score (nSPS) is 21.2. The molecule has 5 heteroatoms. The first-order valence-corrected chi connectivity index (χ1v) is 6.81. The van der Waals surface area contributed by atoms with Gasteiger partial charge in [-0.25, -0.2) is 0 Å². The van der Waals surface area contributed by atoms with Gasteiger partial charge in [0.05, 0.1) is 6.04 Å². The zero-order valence-corrected chi connectivity index (χ0v) is 11.6. The third-order valence-corrected chi connectivity index (χ3v) is 3.23. The molecule has 3 N–H and O–H groups in total. The molecule has 1 aliphatic heterocycles. The van der Waals surface area contributed by atoms with Crippen molar-refractivity contribution in [3.63, 3.8) is 0 Å². The molecule has 0 aliphatic carbocycles. The first-order valence-electron chi connectivity index (χ1n) is 6.81. The highest BCUT2D eigenvalue weighted by Gasteiger charge is 2.35. The lowest BCUT2D eigenvalue weighted by Crippen LogP contribution is -2.51. The number of hydrogen-bond acceptors (Lipinski definition) is 3. The summed E-state index contributed by atoms with van der Waals surface area (Å²) < 4.78 is 0. The molecule has 0 bridgehead atoms. The average molecular weight is 255 g/mol. The molecule has 1 saturated heterocycles. The van der Waals surface area contributed by atoms with Crippen LogP contribution in [0, 0.1) is 5.92 Å². The molecule has 1 heterocycles. The third-order valence-electron chi connectivity index (χ3n) is 3.23. The van der Waals surface area contributed by atoms with E-state index in [2.05, 4.69) is 5.32 Å². The van der Waals surface area contributed by atoms with Gasteiger partial charge in [-0.15, -0.1) is 0 Å². The van der Waals surface area contributed by atoms with Crippen LogP contribution in [0.3, 0.4) is 0 Å². The second-order valence-electron chi connectivity index (χ2n) is 5.32. The van der Waals surface area contributed by atoms with Gasteiger partial charge >= 0.3 is 0 Å². The molecule has 2 atom stereocenters. The number of carbonyl (C=O) groups excluding carboxylic acids is 2. The summed E-state index contributed by atoms with van der Waals surface area (Å²) in [6.07, 6.45) is 2.28. The number of nitrogens with zero attached hydrogens (tertiary/aromatic N) is 1. The standard InChI is InChI=1S/C13H25N3O2/c1-4-15-12(17)11-6-5-7-16(11)13(18)10(14)8-9(2)3/h9-11H,4-8,14H2,1-3H3,(H,15,17)/t10-,11-/m0/s1. The highest BCUT2D eigenvalue weighted by atomic mass is 16.2. The Bertz CT molecular complexity index is 305. The number of rotatable bonds is 5. The molecule has 1 fully saturated rings. The Kier molecular flexibility index (Phi) is 5.59. The fraction of sp³-hybridized carbons (Fsp3) is 0.846. The van der Waals surface area contributed by atoms with Crippen LogP contribution in [0.4, 0.5) is 0 Å². The lowest BCUT2D eigenvalue weighted by molar-refractivity contribution is -0.139. The summed E-state index contributed by atoms with van der Waals surface area (Å²) in [5.74, 6) is 0.243. The van der Waals surface area contributed by atoms with Gasteiger partial charge in [0.15, 0.2) is 0 Å². The van der Waals surface area contributed by atoms with E-state index in [-0.39, 0.29) is 17.9 Å². The first-order chi connectivity index (χ1) is 8.47. The van der Waals surface area contributed by atoms with Crippen molar-refractivity contribution >= 4 is 11.8 Å². The lowest BCUT2D eigenvalue weighted by atomic mass is 10.0. The highest BCUT2D eigenvalue weighted by Crippen LogP contribution is 2.19. The van der Waals surface area contributed by atoms with Crippen LogP contribution in [0.25, 0.3) is 0 Å². The van der Waals surface area contributed by atoms with Gasteiger partial charge in [0, 0.05) is 13.1 Å². The maximum Gasteiger partial charge on any atom is 0.242 e. The fourth-order valence-electron chi connectivity index (χ4n) is 2.42. The predicted molar refractivity (Wildman–Crippen MR) is 70.8 cm³/mol. The predicted octanol–water partition coefficient (Wildman–Crippen LogP) is 0.487. The molecule has 1 aliphatic rings. The van der Waals surface area contributed by atoms with E-state index in [1.807, 2.05) is 20.8 Å². The van der Waals surface area contributed by atoms with Gasteiger partial charge in [-0.3, -0.25) is 9.59 Å². The molecule has 0 spiro atoms. The summed E-state index contributed by atoms with van der Waals surface area (Å²) in [5, 5.41) is 2.78. The van der Waals surface area contributed by atoms with Gasteiger partial charge in [-0.1, -0.05) is 13.8 Å². The third kappa shape index (κ3) is 3.70. The molecule has 0 unspecified atom stereocenters. The Morgan fingerprint density at radius 1 is 1.44 bits per heavy atom. The van der Waals surface area contributed by atoms with E-state index in [9.17, 15) is 9.59 Å². The molecule has 0 aromatic carbocycles. The van der Waals surface area contributed by atoms with Crippen molar-refractivity contribution in [3.8, 4) is 0 Å². The van der Waals surface area contributed by atoms with Crippen LogP contribution in [0.1, 0.15) is 40.0 Å². The van der Waals surface area contributed by atoms with Crippen LogP contribution in [0.5, 0.6) is 0 Å². The van der Waals surface area contributed by atoms with Crippen LogP contribution in [0.2, 0.25) is 0 Å². The SMILES string of the molecule is CCNC(=O)[C@@H]1CCCN1C(=O)[C@@H](N)CC(C)C. The van der Waals surface area contributed by atoms with E-state index in [1.54, 1.807) is 4.90 Å². The van der Waals surface area contributed by atoms with E-state index < -0.39 is 6.04 Å². The Morgan fingerprint density at radius 2 is 2.11 bits per heavy atom. The summed E-state index contributed by atoms with van der Waals surface area (Å²) in [5.41, 5.74) is 5.91. The molecule has 18 heavy (non-hydrogen) atoms. The van der Waals surface area contributed by atoms with Crippen LogP contribution in [0.15, 0.2) is 0 Å². The molecule has 5 nitrogen and oxygen atoms in total. The maximum atomic E-state index is 12.2. The van der Waals surface area contributed by atoms with Gasteiger partial charge in [0.25, 0.3) is 0 Å². The fourth-order valence-corrected chi connectivity index (χ4v) is 2.42. The summed E-state index contributed by atoms with van der Waals surface area (Å²) in [6.45, 7) is 7.20. The summed E-state index contributed by atoms with van der Waals surface area (Å²) in [6, 6.07) is -0.810. The smallest absolute Gasteiger partial charge is 0.242 e. The molecule has 0 aromatic heterocycles. The Balaban J connectivity index is 2.63. The largest absolute Gasteiger partial charge is 0.355 e. The number of nitrogens with one attached hydrogen (secondary N) is 1. The second kappa shape index (κ2) is 6.73. The number of amides is 2. The first kappa shape index (κ1) is 15.0. The molecule has 2 amide bonds. The number of carbonyl (C=O) groups is 2. The van der Waals surface area contributed by atoms with Crippen LogP contribution < -0.4 is 11.1 Å². The summed E-state index contributed by atoms with van der Waals surface area (Å²) >= 11 is 0. The quantitative estimate of drug-likeness (QED) is 0.750. The summed E-state index contributed by atoms with van der Waals surface area (Å²) in [7, 11) is 0. The minimum Gasteiger partial charge on any atom is -0.355 e. The van der Waals surface area contributed by atoms with Crippen molar-refractivity contribution < 1.29 is 9.59 Å². The van der Waals surface area contributed by atoms with E-state index in [0.29, 0.717) is 25.4 Å². The average Bonchev–Trinajstić information content (AvgIpc) is 2.76. The zero-order valence-electron chi connectivity index (χ0n) is 11.6. The molecule has 0 radical (unpaired) electrons. The number of nitrogens with two attached hydrogens (primary N) is 1. The maximum absolute atomic E-state index is 12.2. The Labute approximate surface area is 109 Å². The molecule has 0 saturated carbocycles. The molecular weight excluding hydrogens is 230 g/mol. The minimum atomic E-state index is -0.486. The number of likely N-dealkylation sites (tertiary alicyclic amines) is 1. The van der Waals surface area contributed by atoms with Gasteiger partial charge < -0.3 is 16.0 Å². The van der Waals surface area contributed by atoms with Crippen LogP contribution in [-0.4, -0.2) is 41.9 Å². The van der Waals surface area contributed by atoms with Gasteiger partial charge in [-0.05, 0) is 32.1 Å². The highest BCUT2D eigenvalue weighted by molar-refractivity contribution is 5.90. The van der Waals surface area contributed by atoms with Crippen LogP contribution >= 0.6 is 0 Å². The summed E-state index contributed by atoms with van der Waals surface area (Å²) in [4.78, 5) is 25.7. The van der Waals surface area contributed by atoms with Crippen molar-refractivity contribution in [2.45, 2.75) is 52.1 Å². The molecule has 0 aromatic rings.